The zero-order valence-electron chi connectivity index (χ0n) is 16.6. The average molecular weight is 396 g/mol. The van der Waals surface area contributed by atoms with Gasteiger partial charge in [-0.2, -0.15) is 5.26 Å². The maximum absolute atomic E-state index is 13.1. The first-order valence-electron chi connectivity index (χ1n) is 10.0. The van der Waals surface area contributed by atoms with Crippen molar-refractivity contribution in [3.05, 3.63) is 23.3 Å². The van der Waals surface area contributed by atoms with Gasteiger partial charge >= 0.3 is 11.9 Å². The summed E-state index contributed by atoms with van der Waals surface area (Å²) in [5.74, 6) is 0.189. The number of carbonyl (C=O) groups excluding carboxylic acids is 3. The van der Waals surface area contributed by atoms with Crippen LogP contribution in [0.1, 0.15) is 68.3 Å². The second-order valence-corrected chi connectivity index (χ2v) is 8.80. The van der Waals surface area contributed by atoms with Crippen LogP contribution in [0.2, 0.25) is 0 Å². The molecule has 0 heterocycles. The van der Waals surface area contributed by atoms with Gasteiger partial charge in [0, 0.05) is 24.9 Å². The van der Waals surface area contributed by atoms with Gasteiger partial charge in [-0.3, -0.25) is 14.4 Å². The minimum atomic E-state index is -0.652. The summed E-state index contributed by atoms with van der Waals surface area (Å²) in [4.78, 5) is 36.0. The van der Waals surface area contributed by atoms with Gasteiger partial charge in [0.15, 0.2) is 11.5 Å². The largest absolute Gasteiger partial charge is 0.423 e. The lowest BCUT2D eigenvalue weighted by Gasteiger charge is -2.56. The normalized spacial score (nSPS) is 29.1. The molecule has 4 fully saturated rings. The van der Waals surface area contributed by atoms with Gasteiger partial charge in [0.1, 0.15) is 6.07 Å². The smallest absolute Gasteiger partial charge is 0.308 e. The average Bonchev–Trinajstić information content (AvgIpc) is 2.60. The number of esters is 2. The first-order chi connectivity index (χ1) is 13.8. The number of amides is 1. The van der Waals surface area contributed by atoms with Crippen molar-refractivity contribution < 1.29 is 23.9 Å². The quantitative estimate of drug-likeness (QED) is 0.619. The number of benzene rings is 1. The molecule has 4 aliphatic carbocycles. The van der Waals surface area contributed by atoms with E-state index in [1.54, 1.807) is 0 Å². The summed E-state index contributed by atoms with van der Waals surface area (Å²) >= 11 is 0. The lowest BCUT2D eigenvalue weighted by molar-refractivity contribution is -0.134. The first kappa shape index (κ1) is 19.4. The monoisotopic (exact) mass is 396 g/mol. The van der Waals surface area contributed by atoms with Crippen LogP contribution in [0, 0.1) is 29.1 Å². The fraction of sp³-hybridized carbons (Fsp3) is 0.545. The van der Waals surface area contributed by atoms with Gasteiger partial charge in [0.2, 0.25) is 0 Å². The van der Waals surface area contributed by atoms with E-state index in [1.807, 2.05) is 6.07 Å². The first-order valence-corrected chi connectivity index (χ1v) is 10.0. The molecule has 5 rings (SSSR count). The zero-order valence-corrected chi connectivity index (χ0v) is 16.6. The lowest BCUT2D eigenvalue weighted by Crippen LogP contribution is -2.59. The summed E-state index contributed by atoms with van der Waals surface area (Å²) in [6.45, 7) is 2.39. The van der Waals surface area contributed by atoms with Crippen LogP contribution in [0.4, 0.5) is 0 Å². The highest BCUT2D eigenvalue weighted by Gasteiger charge is 2.51. The van der Waals surface area contributed by atoms with Crippen LogP contribution in [0.5, 0.6) is 11.5 Å². The minimum Gasteiger partial charge on any atom is -0.423 e. The van der Waals surface area contributed by atoms with Crippen molar-refractivity contribution in [3.63, 3.8) is 0 Å². The summed E-state index contributed by atoms with van der Waals surface area (Å²) in [5, 5.41) is 12.7. The van der Waals surface area contributed by atoms with Gasteiger partial charge in [-0.15, -0.1) is 0 Å². The number of hydrogen-bond donors (Lipinski definition) is 1. The highest BCUT2D eigenvalue weighted by molar-refractivity contribution is 5.96. The zero-order chi connectivity index (χ0) is 20.8. The van der Waals surface area contributed by atoms with E-state index in [-0.39, 0.29) is 34.1 Å². The van der Waals surface area contributed by atoms with Gasteiger partial charge in [0.05, 0.1) is 5.56 Å². The molecule has 4 aliphatic rings. The summed E-state index contributed by atoms with van der Waals surface area (Å²) in [7, 11) is 0. The molecule has 7 nitrogen and oxygen atoms in total. The van der Waals surface area contributed by atoms with Crippen molar-refractivity contribution in [3.8, 4) is 17.6 Å². The standard InChI is InChI=1S/C22H24N2O5/c1-12(25)28-19-7-17(6-18(11-23)20(19)29-13(2)26)21(27)24-22-8-14-3-15(9-22)5-16(4-14)10-22/h6-7,14-16H,3-5,8-10H2,1-2H3,(H,24,27). The summed E-state index contributed by atoms with van der Waals surface area (Å²) in [5.41, 5.74) is -0.00604. The molecule has 0 aromatic heterocycles. The topological polar surface area (TPSA) is 105 Å². The SMILES string of the molecule is CC(=O)Oc1cc(C(=O)NC23CC4CC(CC(C4)C2)C3)cc(C#N)c1OC(C)=O. The number of carbonyl (C=O) groups is 3. The van der Waals surface area contributed by atoms with Gasteiger partial charge < -0.3 is 14.8 Å². The van der Waals surface area contributed by atoms with E-state index in [9.17, 15) is 19.6 Å². The molecular weight excluding hydrogens is 372 g/mol. The van der Waals surface area contributed by atoms with Crippen molar-refractivity contribution in [2.75, 3.05) is 0 Å². The molecule has 1 aromatic carbocycles. The van der Waals surface area contributed by atoms with Crippen molar-refractivity contribution in [2.24, 2.45) is 17.8 Å². The van der Waals surface area contributed by atoms with Gasteiger partial charge in [-0.1, -0.05) is 0 Å². The lowest BCUT2D eigenvalue weighted by atomic mass is 9.53. The Morgan fingerprint density at radius 2 is 1.55 bits per heavy atom. The second kappa shape index (κ2) is 7.18. The number of rotatable bonds is 4. The Balaban J connectivity index is 1.64. The summed E-state index contributed by atoms with van der Waals surface area (Å²) < 4.78 is 10.2. The van der Waals surface area contributed by atoms with Crippen molar-refractivity contribution in [2.45, 2.75) is 57.9 Å². The molecule has 4 saturated carbocycles. The molecule has 0 unspecified atom stereocenters. The molecule has 4 bridgehead atoms. The molecule has 1 amide bonds. The molecule has 1 aromatic rings. The minimum absolute atomic E-state index is 0.0328. The Labute approximate surface area is 169 Å². The van der Waals surface area contributed by atoms with E-state index in [0.29, 0.717) is 17.8 Å². The Bertz CT molecular complexity index is 895. The van der Waals surface area contributed by atoms with Crippen LogP contribution in [-0.4, -0.2) is 23.4 Å². The third kappa shape index (κ3) is 3.84. The van der Waals surface area contributed by atoms with Gasteiger partial charge in [0.25, 0.3) is 5.91 Å². The fourth-order valence-electron chi connectivity index (χ4n) is 5.87. The highest BCUT2D eigenvalue weighted by Crippen LogP contribution is 2.55. The molecule has 1 N–H and O–H groups in total. The molecule has 0 radical (unpaired) electrons. The third-order valence-corrected chi connectivity index (χ3v) is 6.35. The van der Waals surface area contributed by atoms with Gasteiger partial charge in [-0.05, 0) is 68.4 Å². The van der Waals surface area contributed by atoms with E-state index in [1.165, 1.54) is 45.2 Å². The molecule has 0 saturated heterocycles. The van der Waals surface area contributed by atoms with Crippen LogP contribution < -0.4 is 14.8 Å². The van der Waals surface area contributed by atoms with E-state index >= 15 is 0 Å². The van der Waals surface area contributed by atoms with E-state index in [2.05, 4.69) is 5.32 Å². The molecular formula is C22H24N2O5. The Morgan fingerprint density at radius 3 is 2.03 bits per heavy atom. The summed E-state index contributed by atoms with van der Waals surface area (Å²) in [6, 6.07) is 4.65. The summed E-state index contributed by atoms with van der Waals surface area (Å²) in [6.07, 6.45) is 6.79. The Kier molecular flexibility index (Phi) is 4.81. The fourth-order valence-corrected chi connectivity index (χ4v) is 5.87. The molecule has 7 heteroatoms. The van der Waals surface area contributed by atoms with Crippen LogP contribution in [0.15, 0.2) is 12.1 Å². The molecule has 0 spiro atoms. The third-order valence-electron chi connectivity index (χ3n) is 6.35. The maximum Gasteiger partial charge on any atom is 0.308 e. The van der Waals surface area contributed by atoms with Crippen LogP contribution in [0.25, 0.3) is 0 Å². The maximum atomic E-state index is 13.1. The Morgan fingerprint density at radius 1 is 1.00 bits per heavy atom. The predicted molar refractivity (Wildman–Crippen MR) is 102 cm³/mol. The number of nitrogens with zero attached hydrogens (tertiary/aromatic N) is 1. The van der Waals surface area contributed by atoms with Crippen LogP contribution in [-0.2, 0) is 9.59 Å². The van der Waals surface area contributed by atoms with E-state index < -0.39 is 11.9 Å². The number of nitrogens with one attached hydrogen (secondary N) is 1. The van der Waals surface area contributed by atoms with Crippen molar-refractivity contribution in [1.82, 2.24) is 5.32 Å². The Hall–Kier alpha value is -2.88. The van der Waals surface area contributed by atoms with Crippen LogP contribution in [0.3, 0.4) is 0 Å². The van der Waals surface area contributed by atoms with Crippen molar-refractivity contribution >= 4 is 17.8 Å². The van der Waals surface area contributed by atoms with Crippen molar-refractivity contribution in [1.29, 1.82) is 5.26 Å². The van der Waals surface area contributed by atoms with Gasteiger partial charge in [-0.25, -0.2) is 0 Å². The van der Waals surface area contributed by atoms with E-state index in [4.69, 9.17) is 9.47 Å². The number of nitriles is 1. The second-order valence-electron chi connectivity index (χ2n) is 8.80. The predicted octanol–water partition coefficient (Wildman–Crippen LogP) is 3.11. The molecule has 29 heavy (non-hydrogen) atoms. The van der Waals surface area contributed by atoms with Crippen LogP contribution >= 0.6 is 0 Å². The van der Waals surface area contributed by atoms with E-state index in [0.717, 1.165) is 19.3 Å². The highest BCUT2D eigenvalue weighted by atomic mass is 16.6. The number of hydrogen-bond acceptors (Lipinski definition) is 6. The molecule has 0 aliphatic heterocycles. The number of ether oxygens (including phenoxy) is 2. The molecule has 152 valence electrons. The molecule has 0 atom stereocenters.